The molecule has 4 nitrogen and oxygen atoms in total. The van der Waals surface area contributed by atoms with Gasteiger partial charge >= 0.3 is 5.97 Å². The van der Waals surface area contributed by atoms with Gasteiger partial charge in [0.1, 0.15) is 9.88 Å². The summed E-state index contributed by atoms with van der Waals surface area (Å²) in [5, 5.41) is 10.2. The average molecular weight is 282 g/mol. The first-order valence-corrected chi connectivity index (χ1v) is 7.60. The number of hydrogen-bond acceptors (Lipinski definition) is 4. The summed E-state index contributed by atoms with van der Waals surface area (Å²) in [6.07, 6.45) is 5.22. The van der Waals surface area contributed by atoms with Gasteiger partial charge in [-0.15, -0.1) is 11.3 Å². The van der Waals surface area contributed by atoms with E-state index in [1.165, 1.54) is 17.8 Å². The van der Waals surface area contributed by atoms with Crippen molar-refractivity contribution in [2.24, 2.45) is 5.73 Å². The van der Waals surface area contributed by atoms with Gasteiger partial charge in [0, 0.05) is 5.41 Å². The van der Waals surface area contributed by atoms with Crippen molar-refractivity contribution in [3.8, 4) is 0 Å². The van der Waals surface area contributed by atoms with Crippen molar-refractivity contribution in [3.05, 3.63) is 15.6 Å². The van der Waals surface area contributed by atoms with Gasteiger partial charge in [-0.1, -0.05) is 40.0 Å². The van der Waals surface area contributed by atoms with Crippen LogP contribution in [-0.4, -0.2) is 16.1 Å². The number of carbonyl (C=O) groups is 1. The number of nitrogens with two attached hydrogens (primary N) is 1. The average Bonchev–Trinajstić information content (AvgIpc) is 2.75. The molecule has 1 fully saturated rings. The Morgan fingerprint density at radius 1 is 1.32 bits per heavy atom. The number of carboxylic acids is 1. The molecule has 1 aliphatic carbocycles. The molecule has 1 aromatic heterocycles. The maximum absolute atomic E-state index is 11.4. The molecule has 0 aliphatic heterocycles. The summed E-state index contributed by atoms with van der Waals surface area (Å²) >= 11 is 1.26. The molecule has 3 N–H and O–H groups in total. The maximum atomic E-state index is 11.4. The van der Waals surface area contributed by atoms with Gasteiger partial charge in [-0.3, -0.25) is 0 Å². The molecule has 0 atom stereocenters. The second kappa shape index (κ2) is 4.87. The number of carboxylic acid groups (broad SMARTS) is 1. The predicted octanol–water partition coefficient (Wildman–Crippen LogP) is 3.26. The highest BCUT2D eigenvalue weighted by atomic mass is 32.1. The largest absolute Gasteiger partial charge is 0.477 e. The normalized spacial score (nSPS) is 19.4. The van der Waals surface area contributed by atoms with Crippen LogP contribution in [0.25, 0.3) is 0 Å². The minimum absolute atomic E-state index is 0.270. The SMILES string of the molecule is CC(C)(C)c1nc(C2(N)CCCCC2)sc1C(=O)O. The molecule has 106 valence electrons. The Kier molecular flexibility index (Phi) is 3.71. The maximum Gasteiger partial charge on any atom is 0.347 e. The van der Waals surface area contributed by atoms with Gasteiger partial charge in [-0.05, 0) is 12.8 Å². The van der Waals surface area contributed by atoms with Gasteiger partial charge < -0.3 is 10.8 Å². The zero-order valence-corrected chi connectivity index (χ0v) is 12.6. The molecule has 1 aliphatic rings. The van der Waals surface area contributed by atoms with E-state index in [0.717, 1.165) is 30.7 Å². The number of rotatable bonds is 2. The fourth-order valence-electron chi connectivity index (χ4n) is 2.58. The van der Waals surface area contributed by atoms with E-state index >= 15 is 0 Å². The number of nitrogens with zero attached hydrogens (tertiary/aromatic N) is 1. The zero-order chi connectivity index (χ0) is 14.3. The molecular formula is C14H22N2O2S. The molecule has 1 heterocycles. The Morgan fingerprint density at radius 2 is 1.89 bits per heavy atom. The van der Waals surface area contributed by atoms with Crippen LogP contribution in [0.5, 0.6) is 0 Å². The van der Waals surface area contributed by atoms with E-state index in [4.69, 9.17) is 5.73 Å². The third-order valence-electron chi connectivity index (χ3n) is 3.70. The zero-order valence-electron chi connectivity index (χ0n) is 11.8. The van der Waals surface area contributed by atoms with Gasteiger partial charge in [0.15, 0.2) is 0 Å². The lowest BCUT2D eigenvalue weighted by Gasteiger charge is -2.31. The lowest BCUT2D eigenvalue weighted by atomic mass is 9.83. The lowest BCUT2D eigenvalue weighted by molar-refractivity contribution is 0.0699. The quantitative estimate of drug-likeness (QED) is 0.873. The first-order chi connectivity index (χ1) is 8.74. The van der Waals surface area contributed by atoms with Crippen LogP contribution in [0.2, 0.25) is 0 Å². The molecular weight excluding hydrogens is 260 g/mol. The molecule has 1 aromatic rings. The van der Waals surface area contributed by atoms with Crippen molar-refractivity contribution in [2.75, 3.05) is 0 Å². The predicted molar refractivity (Wildman–Crippen MR) is 76.7 cm³/mol. The number of aromatic carboxylic acids is 1. The Morgan fingerprint density at radius 3 is 2.32 bits per heavy atom. The van der Waals surface area contributed by atoms with E-state index in [1.807, 2.05) is 20.8 Å². The molecule has 0 saturated heterocycles. The summed E-state index contributed by atoms with van der Waals surface area (Å²) < 4.78 is 0. The van der Waals surface area contributed by atoms with Crippen LogP contribution in [0.15, 0.2) is 0 Å². The second-order valence-electron chi connectivity index (χ2n) is 6.47. The fourth-order valence-corrected chi connectivity index (χ4v) is 3.86. The van der Waals surface area contributed by atoms with Gasteiger partial charge in [0.25, 0.3) is 0 Å². The van der Waals surface area contributed by atoms with Crippen molar-refractivity contribution >= 4 is 17.3 Å². The van der Waals surface area contributed by atoms with Crippen LogP contribution < -0.4 is 5.73 Å². The molecule has 0 unspecified atom stereocenters. The Hall–Kier alpha value is -0.940. The van der Waals surface area contributed by atoms with Crippen LogP contribution in [-0.2, 0) is 11.0 Å². The molecule has 19 heavy (non-hydrogen) atoms. The first-order valence-electron chi connectivity index (χ1n) is 6.78. The molecule has 5 heteroatoms. The topological polar surface area (TPSA) is 76.2 Å². The number of thiazole rings is 1. The molecule has 1 saturated carbocycles. The van der Waals surface area contributed by atoms with Crippen LogP contribution in [0.4, 0.5) is 0 Å². The van der Waals surface area contributed by atoms with Crippen molar-refractivity contribution in [1.82, 2.24) is 4.98 Å². The highest BCUT2D eigenvalue weighted by Crippen LogP contribution is 2.40. The summed E-state index contributed by atoms with van der Waals surface area (Å²) in [4.78, 5) is 16.4. The van der Waals surface area contributed by atoms with E-state index in [0.29, 0.717) is 10.6 Å². The highest BCUT2D eigenvalue weighted by Gasteiger charge is 2.36. The van der Waals surface area contributed by atoms with E-state index < -0.39 is 11.5 Å². The number of aromatic nitrogens is 1. The highest BCUT2D eigenvalue weighted by molar-refractivity contribution is 7.13. The summed E-state index contributed by atoms with van der Waals surface area (Å²) in [5.74, 6) is -0.895. The van der Waals surface area contributed by atoms with Gasteiger partial charge in [-0.2, -0.15) is 0 Å². The van der Waals surface area contributed by atoms with Crippen LogP contribution >= 0.6 is 11.3 Å². The van der Waals surface area contributed by atoms with Crippen LogP contribution in [0.1, 0.15) is 73.2 Å². The molecule has 0 amide bonds. The summed E-state index contributed by atoms with van der Waals surface area (Å²) in [6, 6.07) is 0. The Labute approximate surface area is 118 Å². The third kappa shape index (κ3) is 2.82. The fraction of sp³-hybridized carbons (Fsp3) is 0.714. The molecule has 2 rings (SSSR count). The van der Waals surface area contributed by atoms with Crippen LogP contribution in [0.3, 0.4) is 0 Å². The van der Waals surface area contributed by atoms with Crippen molar-refractivity contribution < 1.29 is 9.90 Å². The molecule has 0 spiro atoms. The minimum Gasteiger partial charge on any atom is -0.477 e. The minimum atomic E-state index is -0.895. The summed E-state index contributed by atoms with van der Waals surface area (Å²) in [7, 11) is 0. The van der Waals surface area contributed by atoms with E-state index in [9.17, 15) is 9.90 Å². The molecule has 0 radical (unpaired) electrons. The second-order valence-corrected chi connectivity index (χ2v) is 7.47. The molecule has 0 aromatic carbocycles. The van der Waals surface area contributed by atoms with Crippen molar-refractivity contribution in [3.63, 3.8) is 0 Å². The Balaban J connectivity index is 2.45. The third-order valence-corrected chi connectivity index (χ3v) is 4.97. The first kappa shape index (κ1) is 14.5. The lowest BCUT2D eigenvalue weighted by Crippen LogP contribution is -2.38. The van der Waals surface area contributed by atoms with Crippen LogP contribution in [0, 0.1) is 0 Å². The van der Waals surface area contributed by atoms with Gasteiger partial charge in [0.05, 0.1) is 11.2 Å². The monoisotopic (exact) mass is 282 g/mol. The summed E-state index contributed by atoms with van der Waals surface area (Å²) in [6.45, 7) is 5.97. The summed E-state index contributed by atoms with van der Waals surface area (Å²) in [5.41, 5.74) is 6.43. The van der Waals surface area contributed by atoms with E-state index in [-0.39, 0.29) is 5.41 Å². The van der Waals surface area contributed by atoms with E-state index in [1.54, 1.807) is 0 Å². The van der Waals surface area contributed by atoms with Gasteiger partial charge in [-0.25, -0.2) is 9.78 Å². The standard InChI is InChI=1S/C14H22N2O2S/c1-13(2,3)10-9(11(17)18)19-12(16-10)14(15)7-5-4-6-8-14/h4-8,15H2,1-3H3,(H,17,18). The van der Waals surface area contributed by atoms with Crippen molar-refractivity contribution in [2.45, 2.75) is 63.8 Å². The molecule has 0 bridgehead atoms. The van der Waals surface area contributed by atoms with E-state index in [2.05, 4.69) is 4.98 Å². The smallest absolute Gasteiger partial charge is 0.347 e. The van der Waals surface area contributed by atoms with Gasteiger partial charge in [0.2, 0.25) is 0 Å². The van der Waals surface area contributed by atoms with Crippen molar-refractivity contribution in [1.29, 1.82) is 0 Å². The Bertz CT molecular complexity index is 482. The number of hydrogen-bond donors (Lipinski definition) is 2.